The van der Waals surface area contributed by atoms with Crippen LogP contribution in [0.3, 0.4) is 0 Å². The largest absolute Gasteiger partial charge is 0.497 e. The van der Waals surface area contributed by atoms with Crippen molar-refractivity contribution in [2.24, 2.45) is 0 Å². The van der Waals surface area contributed by atoms with Gasteiger partial charge in [-0.3, -0.25) is 4.90 Å². The molecule has 0 bridgehead atoms. The van der Waals surface area contributed by atoms with Crippen LogP contribution in [0, 0.1) is 0 Å². The molecule has 1 heterocycles. The summed E-state index contributed by atoms with van der Waals surface area (Å²) >= 11 is 5.86. The van der Waals surface area contributed by atoms with Crippen LogP contribution in [0.25, 0.3) is 0 Å². The Balaban J connectivity index is 1.46. The third-order valence-corrected chi connectivity index (χ3v) is 5.08. The molecule has 0 aromatic heterocycles. The Kier molecular flexibility index (Phi) is 7.25. The van der Waals surface area contributed by atoms with Crippen molar-refractivity contribution in [3.63, 3.8) is 0 Å². The minimum Gasteiger partial charge on any atom is -0.497 e. The van der Waals surface area contributed by atoms with Gasteiger partial charge in [0.15, 0.2) is 0 Å². The number of β-amino-alcohol motifs (C(OH)–C–C–N with tert-alkyl or cyclic N) is 1. The van der Waals surface area contributed by atoms with Crippen LogP contribution in [0.15, 0.2) is 42.5 Å². The van der Waals surface area contributed by atoms with E-state index in [1.54, 1.807) is 38.5 Å². The summed E-state index contributed by atoms with van der Waals surface area (Å²) in [5.74, 6) is 2.30. The van der Waals surface area contributed by atoms with E-state index in [0.29, 0.717) is 17.3 Å². The molecule has 0 spiro atoms. The first-order chi connectivity index (χ1) is 13.6. The first kappa shape index (κ1) is 20.6. The third-order valence-electron chi connectivity index (χ3n) is 4.82. The van der Waals surface area contributed by atoms with Gasteiger partial charge >= 0.3 is 0 Å². The van der Waals surface area contributed by atoms with Gasteiger partial charge in [-0.25, -0.2) is 0 Å². The maximum Gasteiger partial charge on any atom is 0.145 e. The molecule has 0 aliphatic carbocycles. The second-order valence-electron chi connectivity index (χ2n) is 6.74. The van der Waals surface area contributed by atoms with Crippen LogP contribution in [0.1, 0.15) is 0 Å². The predicted molar refractivity (Wildman–Crippen MR) is 111 cm³/mol. The Labute approximate surface area is 171 Å². The quantitative estimate of drug-likeness (QED) is 0.727. The highest BCUT2D eigenvalue weighted by molar-refractivity contribution is 6.30. The minimum atomic E-state index is -0.544. The normalized spacial score (nSPS) is 15.9. The molecule has 1 N–H and O–H groups in total. The molecule has 2 aromatic carbocycles. The van der Waals surface area contributed by atoms with Crippen LogP contribution in [-0.4, -0.2) is 69.7 Å². The van der Waals surface area contributed by atoms with E-state index in [1.807, 2.05) is 18.2 Å². The summed E-state index contributed by atoms with van der Waals surface area (Å²) in [4.78, 5) is 4.55. The van der Waals surface area contributed by atoms with Crippen molar-refractivity contribution in [1.82, 2.24) is 4.90 Å². The molecule has 1 atom stereocenters. The van der Waals surface area contributed by atoms with Crippen molar-refractivity contribution in [3.8, 4) is 17.2 Å². The molecule has 1 aliphatic rings. The highest BCUT2D eigenvalue weighted by Gasteiger charge is 2.22. The molecule has 0 saturated carbocycles. The Morgan fingerprint density at radius 3 is 2.29 bits per heavy atom. The van der Waals surface area contributed by atoms with Gasteiger partial charge in [0.2, 0.25) is 0 Å². The number of nitrogens with zero attached hydrogens (tertiary/aromatic N) is 2. The van der Waals surface area contributed by atoms with Gasteiger partial charge < -0.3 is 24.2 Å². The fraction of sp³-hybridized carbons (Fsp3) is 0.429. The summed E-state index contributed by atoms with van der Waals surface area (Å²) in [5.41, 5.74) is 1.06. The van der Waals surface area contributed by atoms with Gasteiger partial charge in [-0.1, -0.05) is 11.6 Å². The zero-order chi connectivity index (χ0) is 19.9. The van der Waals surface area contributed by atoms with Gasteiger partial charge in [0.25, 0.3) is 0 Å². The molecule has 7 heteroatoms. The van der Waals surface area contributed by atoms with E-state index in [2.05, 4.69) is 9.80 Å². The van der Waals surface area contributed by atoms with Gasteiger partial charge in [0.05, 0.1) is 19.9 Å². The van der Waals surface area contributed by atoms with E-state index in [4.69, 9.17) is 25.8 Å². The number of rotatable bonds is 8. The molecule has 2 aromatic rings. The van der Waals surface area contributed by atoms with Crippen LogP contribution in [0.4, 0.5) is 5.69 Å². The molecule has 3 rings (SSSR count). The fourth-order valence-electron chi connectivity index (χ4n) is 3.29. The first-order valence-corrected chi connectivity index (χ1v) is 9.72. The van der Waals surface area contributed by atoms with Gasteiger partial charge in [-0.2, -0.15) is 0 Å². The first-order valence-electron chi connectivity index (χ1n) is 9.35. The van der Waals surface area contributed by atoms with E-state index in [0.717, 1.165) is 43.4 Å². The molecule has 6 nitrogen and oxygen atoms in total. The lowest BCUT2D eigenvalue weighted by Crippen LogP contribution is -2.49. The summed E-state index contributed by atoms with van der Waals surface area (Å²) in [7, 11) is 3.32. The second-order valence-corrected chi connectivity index (χ2v) is 7.18. The number of piperazine rings is 1. The van der Waals surface area contributed by atoms with E-state index >= 15 is 0 Å². The molecule has 152 valence electrons. The number of benzene rings is 2. The Morgan fingerprint density at radius 2 is 1.64 bits per heavy atom. The number of aliphatic hydroxyl groups excluding tert-OH is 1. The predicted octanol–water partition coefficient (Wildman–Crippen LogP) is 2.92. The Bertz CT molecular complexity index is 749. The monoisotopic (exact) mass is 406 g/mol. The molecule has 0 radical (unpaired) electrons. The van der Waals surface area contributed by atoms with Gasteiger partial charge in [0, 0.05) is 43.8 Å². The molecule has 1 aliphatic heterocycles. The summed E-state index contributed by atoms with van der Waals surface area (Å²) < 4.78 is 16.4. The molecule has 28 heavy (non-hydrogen) atoms. The molecule has 1 fully saturated rings. The number of ether oxygens (including phenoxy) is 3. The van der Waals surface area contributed by atoms with Crippen molar-refractivity contribution in [3.05, 3.63) is 47.5 Å². The summed E-state index contributed by atoms with van der Waals surface area (Å²) in [6.07, 6.45) is -0.544. The number of anilines is 1. The summed E-state index contributed by atoms with van der Waals surface area (Å²) in [5, 5.41) is 11.0. The third kappa shape index (κ3) is 5.44. The van der Waals surface area contributed by atoms with Crippen molar-refractivity contribution in [2.75, 3.05) is 58.5 Å². The summed E-state index contributed by atoms with van der Waals surface area (Å²) in [6, 6.07) is 13.0. The van der Waals surface area contributed by atoms with Gasteiger partial charge in [0.1, 0.15) is 30.0 Å². The van der Waals surface area contributed by atoms with Crippen LogP contribution in [0.5, 0.6) is 17.2 Å². The van der Waals surface area contributed by atoms with E-state index in [-0.39, 0.29) is 6.61 Å². The average Bonchev–Trinajstić information content (AvgIpc) is 2.73. The topological polar surface area (TPSA) is 54.4 Å². The van der Waals surface area contributed by atoms with Crippen molar-refractivity contribution in [1.29, 1.82) is 0 Å². The van der Waals surface area contributed by atoms with Crippen LogP contribution < -0.4 is 19.1 Å². The number of halogens is 1. The summed E-state index contributed by atoms with van der Waals surface area (Å²) in [6.45, 7) is 4.32. The number of hydrogen-bond acceptors (Lipinski definition) is 6. The lowest BCUT2D eigenvalue weighted by atomic mass is 10.2. The fourth-order valence-corrected chi connectivity index (χ4v) is 3.42. The second kappa shape index (κ2) is 9.87. The van der Waals surface area contributed by atoms with Gasteiger partial charge in [-0.05, 0) is 36.4 Å². The Hall–Kier alpha value is -2.15. The average molecular weight is 407 g/mol. The molecule has 1 saturated heterocycles. The zero-order valence-corrected chi connectivity index (χ0v) is 17.1. The maximum absolute atomic E-state index is 10.3. The molecular formula is C21H27ClN2O4. The lowest BCUT2D eigenvalue weighted by Gasteiger charge is -2.37. The number of aliphatic hydroxyl groups is 1. The highest BCUT2D eigenvalue weighted by Crippen LogP contribution is 2.32. The lowest BCUT2D eigenvalue weighted by molar-refractivity contribution is 0.0663. The number of hydrogen-bond donors (Lipinski definition) is 1. The van der Waals surface area contributed by atoms with E-state index < -0.39 is 6.10 Å². The van der Waals surface area contributed by atoms with Crippen LogP contribution >= 0.6 is 11.6 Å². The van der Waals surface area contributed by atoms with Gasteiger partial charge in [-0.15, -0.1) is 0 Å². The SMILES string of the molecule is COc1ccc(N2CCN(CC(O)COc3ccc(Cl)cc3)CC2)c(OC)c1. The smallest absolute Gasteiger partial charge is 0.145 e. The standard InChI is InChI=1S/C21H27ClN2O4/c1-26-19-7-8-20(21(13-19)27-2)24-11-9-23(10-12-24)14-17(25)15-28-18-5-3-16(22)4-6-18/h3-8,13,17,25H,9-12,14-15H2,1-2H3. The highest BCUT2D eigenvalue weighted by atomic mass is 35.5. The molecule has 1 unspecified atom stereocenters. The van der Waals surface area contributed by atoms with Crippen LogP contribution in [-0.2, 0) is 0 Å². The zero-order valence-electron chi connectivity index (χ0n) is 16.3. The maximum atomic E-state index is 10.3. The van der Waals surface area contributed by atoms with Crippen molar-refractivity contribution < 1.29 is 19.3 Å². The van der Waals surface area contributed by atoms with Crippen LogP contribution in [0.2, 0.25) is 5.02 Å². The van der Waals surface area contributed by atoms with Crippen molar-refractivity contribution in [2.45, 2.75) is 6.10 Å². The molecule has 0 amide bonds. The van der Waals surface area contributed by atoms with E-state index in [9.17, 15) is 5.11 Å². The Morgan fingerprint density at radius 1 is 0.964 bits per heavy atom. The number of methoxy groups -OCH3 is 2. The van der Waals surface area contributed by atoms with Crippen molar-refractivity contribution >= 4 is 17.3 Å². The molecular weight excluding hydrogens is 380 g/mol. The minimum absolute atomic E-state index is 0.258. The van der Waals surface area contributed by atoms with E-state index in [1.165, 1.54) is 0 Å².